The van der Waals surface area contributed by atoms with Gasteiger partial charge in [-0.1, -0.05) is 12.1 Å². The van der Waals surface area contributed by atoms with Crippen LogP contribution in [-0.2, 0) is 11.3 Å². The maximum atomic E-state index is 5.58. The van der Waals surface area contributed by atoms with Crippen LogP contribution in [0.3, 0.4) is 0 Å². The first-order valence-electron chi connectivity index (χ1n) is 7.93. The van der Waals surface area contributed by atoms with E-state index in [4.69, 9.17) is 4.74 Å². The zero-order valence-electron chi connectivity index (χ0n) is 13.1. The topological polar surface area (TPSA) is 54.0 Å². The maximum absolute atomic E-state index is 5.58. The van der Waals surface area contributed by atoms with Gasteiger partial charge in [-0.15, -0.1) is 0 Å². The molecule has 1 saturated heterocycles. The lowest BCUT2D eigenvalue weighted by atomic mass is 10.1. The number of nitrogens with one attached hydrogen (secondary N) is 1. The molecule has 5 nitrogen and oxygen atoms in total. The summed E-state index contributed by atoms with van der Waals surface area (Å²) in [7, 11) is 1.79. The summed E-state index contributed by atoms with van der Waals surface area (Å²) in [5.74, 6) is 1.02. The average molecular weight is 308 g/mol. The summed E-state index contributed by atoms with van der Waals surface area (Å²) in [4.78, 5) is 14.5. The van der Waals surface area contributed by atoms with Crippen LogP contribution in [0.25, 0.3) is 10.9 Å². The van der Waals surface area contributed by atoms with Gasteiger partial charge >= 0.3 is 0 Å². The van der Waals surface area contributed by atoms with Gasteiger partial charge in [-0.25, -0.2) is 4.98 Å². The van der Waals surface area contributed by atoms with Crippen LogP contribution in [0.2, 0.25) is 0 Å². The summed E-state index contributed by atoms with van der Waals surface area (Å²) < 4.78 is 5.58. The fourth-order valence-corrected chi connectivity index (χ4v) is 3.41. The number of aromatic amines is 1. The van der Waals surface area contributed by atoms with Crippen molar-refractivity contribution >= 4 is 10.9 Å². The van der Waals surface area contributed by atoms with Crippen LogP contribution in [0.4, 0.5) is 0 Å². The number of ether oxygens (including phenoxy) is 1. The molecule has 1 N–H and O–H groups in total. The molecule has 5 heteroatoms. The smallest absolute Gasteiger partial charge is 0.123 e. The number of fused-ring (bicyclic) bond motifs is 1. The minimum absolute atomic E-state index is 0.257. The molecule has 0 spiro atoms. The summed E-state index contributed by atoms with van der Waals surface area (Å²) in [6.45, 7) is 1.81. The second-order valence-corrected chi connectivity index (χ2v) is 6.04. The van der Waals surface area contributed by atoms with E-state index in [0.29, 0.717) is 0 Å². The molecule has 2 aromatic heterocycles. The van der Waals surface area contributed by atoms with Gasteiger partial charge in [0.05, 0.1) is 17.7 Å². The number of aromatic nitrogens is 3. The molecule has 2 atom stereocenters. The van der Waals surface area contributed by atoms with Crippen LogP contribution in [0.1, 0.15) is 23.9 Å². The molecule has 1 aliphatic heterocycles. The van der Waals surface area contributed by atoms with Crippen molar-refractivity contribution in [3.8, 4) is 0 Å². The van der Waals surface area contributed by atoms with Crippen molar-refractivity contribution in [2.75, 3.05) is 13.7 Å². The highest BCUT2D eigenvalue weighted by atomic mass is 16.5. The van der Waals surface area contributed by atoms with Crippen molar-refractivity contribution in [1.29, 1.82) is 0 Å². The third kappa shape index (κ3) is 2.85. The predicted molar refractivity (Wildman–Crippen MR) is 88.9 cm³/mol. The third-order valence-electron chi connectivity index (χ3n) is 4.59. The standard InChI is InChI=1S/C18H20N4O/c1-23-15-10-17(18-20-7-8-21-18)22(12-15)11-13-4-5-16-14(9-13)3-2-6-19-16/h2-9,15,17H,10-12H2,1H3,(H,20,21)/t15-,17?/m1/s1. The van der Waals surface area contributed by atoms with E-state index in [1.807, 2.05) is 24.7 Å². The highest BCUT2D eigenvalue weighted by Gasteiger charge is 2.34. The molecule has 0 amide bonds. The van der Waals surface area contributed by atoms with E-state index in [2.05, 4.69) is 44.1 Å². The Morgan fingerprint density at radius 3 is 3.04 bits per heavy atom. The molecule has 0 saturated carbocycles. The largest absolute Gasteiger partial charge is 0.380 e. The Hall–Kier alpha value is -2.24. The number of rotatable bonds is 4. The third-order valence-corrected chi connectivity index (χ3v) is 4.59. The lowest BCUT2D eigenvalue weighted by molar-refractivity contribution is 0.107. The van der Waals surface area contributed by atoms with Gasteiger partial charge < -0.3 is 9.72 Å². The Kier molecular flexibility index (Phi) is 3.81. The Labute approximate surface area is 135 Å². The lowest BCUT2D eigenvalue weighted by Crippen LogP contribution is -2.25. The van der Waals surface area contributed by atoms with Gasteiger partial charge in [-0.05, 0) is 30.2 Å². The average Bonchev–Trinajstić information content (AvgIpc) is 3.24. The molecule has 0 radical (unpaired) electrons. The summed E-state index contributed by atoms with van der Waals surface area (Å²) in [6.07, 6.45) is 6.76. The number of likely N-dealkylation sites (tertiary alicyclic amines) is 1. The molecule has 1 aromatic carbocycles. The van der Waals surface area contributed by atoms with Crippen molar-refractivity contribution in [2.24, 2.45) is 0 Å². The molecule has 23 heavy (non-hydrogen) atoms. The summed E-state index contributed by atoms with van der Waals surface area (Å²) >= 11 is 0. The van der Waals surface area contributed by atoms with Gasteiger partial charge in [0.2, 0.25) is 0 Å². The van der Waals surface area contributed by atoms with Crippen molar-refractivity contribution in [2.45, 2.75) is 25.1 Å². The van der Waals surface area contributed by atoms with Gasteiger partial charge in [-0.2, -0.15) is 0 Å². The molecule has 3 heterocycles. The van der Waals surface area contributed by atoms with Crippen LogP contribution >= 0.6 is 0 Å². The van der Waals surface area contributed by atoms with E-state index < -0.39 is 0 Å². The minimum atomic E-state index is 0.257. The highest BCUT2D eigenvalue weighted by molar-refractivity contribution is 5.78. The molecule has 3 aromatic rings. The first kappa shape index (κ1) is 14.4. The van der Waals surface area contributed by atoms with Crippen molar-refractivity contribution < 1.29 is 4.74 Å². The number of imidazole rings is 1. The number of methoxy groups -OCH3 is 1. The Bertz CT molecular complexity index is 787. The van der Waals surface area contributed by atoms with Gasteiger partial charge in [0.1, 0.15) is 5.82 Å². The molecular weight excluding hydrogens is 288 g/mol. The second kappa shape index (κ2) is 6.10. The summed E-state index contributed by atoms with van der Waals surface area (Å²) in [5.41, 5.74) is 2.33. The molecular formula is C18H20N4O. The van der Waals surface area contributed by atoms with Gasteiger partial charge in [0, 0.05) is 44.2 Å². The first-order chi connectivity index (χ1) is 11.3. The van der Waals surface area contributed by atoms with E-state index in [9.17, 15) is 0 Å². The number of pyridine rings is 1. The van der Waals surface area contributed by atoms with Crippen molar-refractivity contribution in [1.82, 2.24) is 19.9 Å². The molecule has 0 bridgehead atoms. The SMILES string of the molecule is CO[C@@H]1CC(c2ncc[nH]2)N(Cc2ccc3ncccc3c2)C1. The Morgan fingerprint density at radius 1 is 1.26 bits per heavy atom. The first-order valence-corrected chi connectivity index (χ1v) is 7.93. The van der Waals surface area contributed by atoms with Crippen molar-refractivity contribution in [3.63, 3.8) is 0 Å². The monoisotopic (exact) mass is 308 g/mol. The zero-order valence-corrected chi connectivity index (χ0v) is 13.1. The van der Waals surface area contributed by atoms with E-state index >= 15 is 0 Å². The van der Waals surface area contributed by atoms with E-state index in [-0.39, 0.29) is 12.1 Å². The molecule has 118 valence electrons. The van der Waals surface area contributed by atoms with E-state index in [0.717, 1.165) is 30.9 Å². The van der Waals surface area contributed by atoms with E-state index in [1.165, 1.54) is 10.9 Å². The van der Waals surface area contributed by atoms with E-state index in [1.54, 1.807) is 7.11 Å². The predicted octanol–water partition coefficient (Wildman–Crippen LogP) is 2.92. The summed E-state index contributed by atoms with van der Waals surface area (Å²) in [6, 6.07) is 10.8. The van der Waals surface area contributed by atoms with Crippen LogP contribution in [0.5, 0.6) is 0 Å². The molecule has 1 fully saturated rings. The number of benzene rings is 1. The van der Waals surface area contributed by atoms with Crippen molar-refractivity contribution in [3.05, 3.63) is 60.3 Å². The molecule has 1 aliphatic rings. The Morgan fingerprint density at radius 2 is 2.22 bits per heavy atom. The molecule has 4 rings (SSSR count). The number of nitrogens with zero attached hydrogens (tertiary/aromatic N) is 3. The van der Waals surface area contributed by atoms with Crippen LogP contribution in [0, 0.1) is 0 Å². The molecule has 0 aliphatic carbocycles. The zero-order chi connectivity index (χ0) is 15.6. The number of hydrogen-bond acceptors (Lipinski definition) is 4. The fraction of sp³-hybridized carbons (Fsp3) is 0.333. The van der Waals surface area contributed by atoms with Crippen LogP contribution < -0.4 is 0 Å². The quantitative estimate of drug-likeness (QED) is 0.805. The van der Waals surface area contributed by atoms with Gasteiger partial charge in [0.15, 0.2) is 0 Å². The lowest BCUT2D eigenvalue weighted by Gasteiger charge is -2.22. The number of hydrogen-bond donors (Lipinski definition) is 1. The maximum Gasteiger partial charge on any atom is 0.123 e. The van der Waals surface area contributed by atoms with Gasteiger partial charge in [-0.3, -0.25) is 9.88 Å². The van der Waals surface area contributed by atoms with Crippen LogP contribution in [-0.4, -0.2) is 39.6 Å². The summed E-state index contributed by atoms with van der Waals surface area (Å²) in [5, 5.41) is 1.18. The molecule has 1 unspecified atom stereocenters. The second-order valence-electron chi connectivity index (χ2n) is 6.04. The Balaban J connectivity index is 1.59. The fourth-order valence-electron chi connectivity index (χ4n) is 3.41. The van der Waals surface area contributed by atoms with Crippen LogP contribution in [0.15, 0.2) is 48.9 Å². The minimum Gasteiger partial charge on any atom is -0.380 e. The normalized spacial score (nSPS) is 22.0. The number of H-pyrrole nitrogens is 1. The highest BCUT2D eigenvalue weighted by Crippen LogP contribution is 2.33. The van der Waals surface area contributed by atoms with Gasteiger partial charge in [0.25, 0.3) is 0 Å².